The summed E-state index contributed by atoms with van der Waals surface area (Å²) in [6, 6.07) is 12.5. The van der Waals surface area contributed by atoms with Crippen LogP contribution in [0.4, 0.5) is 0 Å². The van der Waals surface area contributed by atoms with Crippen molar-refractivity contribution < 1.29 is 9.53 Å². The predicted octanol–water partition coefficient (Wildman–Crippen LogP) is 3.73. The average molecular weight is 264 g/mol. The molecule has 0 saturated carbocycles. The summed E-state index contributed by atoms with van der Waals surface area (Å²) >= 11 is 0. The first kappa shape index (κ1) is 11.7. The minimum Gasteiger partial charge on any atom is -0.489 e. The van der Waals surface area contributed by atoms with E-state index in [1.807, 2.05) is 19.1 Å². The molecule has 1 heterocycles. The van der Waals surface area contributed by atoms with E-state index in [0.29, 0.717) is 6.42 Å². The molecule has 20 heavy (non-hydrogen) atoms. The third-order valence-corrected chi connectivity index (χ3v) is 4.63. The lowest BCUT2D eigenvalue weighted by molar-refractivity contribution is -0.115. The van der Waals surface area contributed by atoms with Gasteiger partial charge in [0.1, 0.15) is 11.9 Å². The molecule has 0 radical (unpaired) electrons. The van der Waals surface area contributed by atoms with Crippen molar-refractivity contribution in [3.63, 3.8) is 0 Å². The van der Waals surface area contributed by atoms with Crippen molar-refractivity contribution in [2.45, 2.75) is 26.4 Å². The zero-order valence-corrected chi connectivity index (χ0v) is 11.6. The van der Waals surface area contributed by atoms with Crippen LogP contribution in [0.25, 0.3) is 16.5 Å². The van der Waals surface area contributed by atoms with Crippen molar-refractivity contribution in [2.75, 3.05) is 0 Å². The Hall–Kier alpha value is -2.09. The molecule has 0 fully saturated rings. The van der Waals surface area contributed by atoms with Gasteiger partial charge in [0.15, 0.2) is 5.78 Å². The van der Waals surface area contributed by atoms with Crippen molar-refractivity contribution >= 4 is 22.3 Å². The van der Waals surface area contributed by atoms with Gasteiger partial charge in [-0.25, -0.2) is 0 Å². The highest BCUT2D eigenvalue weighted by atomic mass is 16.5. The maximum absolute atomic E-state index is 12.5. The molecule has 2 nitrogen and oxygen atoms in total. The fraction of sp³-hybridized carbons (Fsp3) is 0.278. The molecule has 0 saturated heterocycles. The second kappa shape index (κ2) is 3.95. The quantitative estimate of drug-likeness (QED) is 0.724. The molecule has 1 aliphatic heterocycles. The molecule has 2 aromatic carbocycles. The Labute approximate surface area is 118 Å². The molecule has 1 aliphatic carbocycles. The molecule has 2 heteroatoms. The van der Waals surface area contributed by atoms with Gasteiger partial charge in [0.2, 0.25) is 0 Å². The molecule has 0 amide bonds. The number of hydrogen-bond acceptors (Lipinski definition) is 2. The maximum Gasteiger partial charge on any atom is 0.167 e. The van der Waals surface area contributed by atoms with Gasteiger partial charge < -0.3 is 4.74 Å². The Kier molecular flexibility index (Phi) is 2.31. The SMILES string of the molecule is CC1OC2=C(C(=O)Cc3c2ccc2ccccc32)C1C. The van der Waals surface area contributed by atoms with Crippen LogP contribution in [-0.2, 0) is 16.0 Å². The molecule has 0 bridgehead atoms. The number of hydrogen-bond donors (Lipinski definition) is 0. The van der Waals surface area contributed by atoms with E-state index in [9.17, 15) is 4.79 Å². The van der Waals surface area contributed by atoms with Crippen molar-refractivity contribution in [3.8, 4) is 0 Å². The van der Waals surface area contributed by atoms with Crippen molar-refractivity contribution in [1.82, 2.24) is 0 Å². The first-order valence-electron chi connectivity index (χ1n) is 7.12. The third-order valence-electron chi connectivity index (χ3n) is 4.63. The van der Waals surface area contributed by atoms with Crippen LogP contribution in [0.1, 0.15) is 25.0 Å². The zero-order chi connectivity index (χ0) is 13.9. The van der Waals surface area contributed by atoms with Crippen LogP contribution >= 0.6 is 0 Å². The van der Waals surface area contributed by atoms with Gasteiger partial charge >= 0.3 is 0 Å². The Bertz CT molecular complexity index is 770. The zero-order valence-electron chi connectivity index (χ0n) is 11.6. The highest BCUT2D eigenvalue weighted by Crippen LogP contribution is 2.43. The lowest BCUT2D eigenvalue weighted by atomic mass is 9.82. The smallest absolute Gasteiger partial charge is 0.167 e. The summed E-state index contributed by atoms with van der Waals surface area (Å²) in [5, 5.41) is 2.35. The Morgan fingerprint density at radius 1 is 1.10 bits per heavy atom. The molecular weight excluding hydrogens is 248 g/mol. The van der Waals surface area contributed by atoms with Gasteiger partial charge in [-0.05, 0) is 23.3 Å². The normalized spacial score (nSPS) is 24.6. The van der Waals surface area contributed by atoms with Crippen LogP contribution in [0, 0.1) is 5.92 Å². The Morgan fingerprint density at radius 2 is 1.90 bits per heavy atom. The number of ether oxygens (including phenoxy) is 1. The molecule has 100 valence electrons. The molecule has 2 unspecified atom stereocenters. The van der Waals surface area contributed by atoms with Gasteiger partial charge in [-0.15, -0.1) is 0 Å². The van der Waals surface area contributed by atoms with Gasteiger partial charge in [0.25, 0.3) is 0 Å². The standard InChI is InChI=1S/C18H16O2/c1-10-11(2)20-18-14-8-7-12-5-3-4-6-13(12)15(14)9-16(19)17(10)18/h3-8,10-11H,9H2,1-2H3. The molecule has 0 spiro atoms. The largest absolute Gasteiger partial charge is 0.489 e. The Morgan fingerprint density at radius 3 is 2.75 bits per heavy atom. The highest BCUT2D eigenvalue weighted by molar-refractivity contribution is 6.10. The van der Waals surface area contributed by atoms with Gasteiger partial charge in [0.05, 0.1) is 0 Å². The van der Waals surface area contributed by atoms with Crippen molar-refractivity contribution in [1.29, 1.82) is 0 Å². The van der Waals surface area contributed by atoms with E-state index in [1.165, 1.54) is 10.8 Å². The number of fused-ring (bicyclic) bond motifs is 4. The second-order valence-corrected chi connectivity index (χ2v) is 5.77. The van der Waals surface area contributed by atoms with Crippen LogP contribution in [0.3, 0.4) is 0 Å². The summed E-state index contributed by atoms with van der Waals surface area (Å²) in [6.07, 6.45) is 0.581. The molecule has 4 rings (SSSR count). The van der Waals surface area contributed by atoms with Crippen LogP contribution in [0.15, 0.2) is 42.0 Å². The topological polar surface area (TPSA) is 26.3 Å². The number of Topliss-reactive ketones (excluding diaryl/α,β-unsaturated/α-hetero) is 1. The van der Waals surface area contributed by atoms with Gasteiger partial charge in [-0.2, -0.15) is 0 Å². The van der Waals surface area contributed by atoms with Crippen molar-refractivity contribution in [2.24, 2.45) is 5.92 Å². The van der Waals surface area contributed by atoms with Crippen LogP contribution in [0.5, 0.6) is 0 Å². The van der Waals surface area contributed by atoms with E-state index in [-0.39, 0.29) is 17.8 Å². The molecule has 0 aromatic heterocycles. The summed E-state index contributed by atoms with van der Waals surface area (Å²) in [5.41, 5.74) is 3.11. The summed E-state index contributed by atoms with van der Waals surface area (Å²) < 4.78 is 5.98. The molecule has 2 aromatic rings. The minimum absolute atomic E-state index is 0.0846. The number of carbonyl (C=O) groups excluding carboxylic acids is 1. The van der Waals surface area contributed by atoms with E-state index < -0.39 is 0 Å². The number of ketones is 1. The minimum atomic E-state index is 0.0846. The monoisotopic (exact) mass is 264 g/mol. The van der Waals surface area contributed by atoms with Crippen LogP contribution in [-0.4, -0.2) is 11.9 Å². The lowest BCUT2D eigenvalue weighted by Crippen LogP contribution is -2.19. The summed E-state index contributed by atoms with van der Waals surface area (Å²) in [5.74, 6) is 1.24. The summed E-state index contributed by atoms with van der Waals surface area (Å²) in [7, 11) is 0. The van der Waals surface area contributed by atoms with E-state index in [0.717, 1.165) is 22.5 Å². The van der Waals surface area contributed by atoms with Gasteiger partial charge in [-0.3, -0.25) is 4.79 Å². The van der Waals surface area contributed by atoms with Crippen LogP contribution < -0.4 is 0 Å². The second-order valence-electron chi connectivity index (χ2n) is 5.77. The van der Waals surface area contributed by atoms with E-state index in [2.05, 4.69) is 31.2 Å². The summed E-state index contributed by atoms with van der Waals surface area (Å²) in [6.45, 7) is 4.12. The van der Waals surface area contributed by atoms with Gasteiger partial charge in [0, 0.05) is 23.5 Å². The number of rotatable bonds is 0. The average Bonchev–Trinajstić information content (AvgIpc) is 2.76. The van der Waals surface area contributed by atoms with E-state index in [4.69, 9.17) is 4.74 Å². The maximum atomic E-state index is 12.5. The summed E-state index contributed by atoms with van der Waals surface area (Å²) in [4.78, 5) is 12.5. The lowest BCUT2D eigenvalue weighted by Gasteiger charge is -2.19. The fourth-order valence-electron chi connectivity index (χ4n) is 3.38. The van der Waals surface area contributed by atoms with Crippen molar-refractivity contribution in [3.05, 3.63) is 53.1 Å². The first-order chi connectivity index (χ1) is 9.66. The molecule has 2 aliphatic rings. The molecular formula is C18H16O2. The predicted molar refractivity (Wildman–Crippen MR) is 79.3 cm³/mol. The molecule has 2 atom stereocenters. The third kappa shape index (κ3) is 1.42. The molecule has 0 N–H and O–H groups in total. The first-order valence-corrected chi connectivity index (χ1v) is 7.12. The van der Waals surface area contributed by atoms with E-state index in [1.54, 1.807) is 0 Å². The number of carbonyl (C=O) groups is 1. The Balaban J connectivity index is 2.02. The highest BCUT2D eigenvalue weighted by Gasteiger charge is 2.39. The fourth-order valence-corrected chi connectivity index (χ4v) is 3.38. The van der Waals surface area contributed by atoms with Gasteiger partial charge in [-0.1, -0.05) is 43.3 Å². The number of benzene rings is 2. The van der Waals surface area contributed by atoms with Crippen LogP contribution in [0.2, 0.25) is 0 Å². The van der Waals surface area contributed by atoms with E-state index >= 15 is 0 Å².